The summed E-state index contributed by atoms with van der Waals surface area (Å²) in [6.07, 6.45) is 6.09. The normalized spacial score (nSPS) is 22.9. The largest absolute Gasteiger partial charge is 0.477 e. The fraction of sp³-hybridized carbons (Fsp3) is 0.400. The van der Waals surface area contributed by atoms with Crippen LogP contribution in [-0.2, 0) is 17.3 Å². The third kappa shape index (κ3) is 3.05. The lowest BCUT2D eigenvalue weighted by molar-refractivity contribution is -0.166. The molecule has 2 atom stereocenters. The van der Waals surface area contributed by atoms with Crippen molar-refractivity contribution in [3.63, 3.8) is 0 Å². The topological polar surface area (TPSA) is 55.1 Å². The first kappa shape index (κ1) is 17.8. The first-order chi connectivity index (χ1) is 12.8. The van der Waals surface area contributed by atoms with E-state index in [4.69, 9.17) is 5.11 Å². The van der Waals surface area contributed by atoms with Gasteiger partial charge in [-0.3, -0.25) is 4.68 Å². The molecule has 1 fully saturated rings. The van der Waals surface area contributed by atoms with E-state index in [1.807, 2.05) is 6.08 Å². The lowest BCUT2D eigenvalue weighted by Gasteiger charge is -2.25. The molecule has 0 saturated heterocycles. The molecule has 2 unspecified atom stereocenters. The molecule has 7 heteroatoms. The maximum atomic E-state index is 14.6. The van der Waals surface area contributed by atoms with Gasteiger partial charge in [0.15, 0.2) is 0 Å². The quantitative estimate of drug-likeness (QED) is 0.843. The molecule has 0 amide bonds. The second-order valence-corrected chi connectivity index (χ2v) is 7.26. The Labute approximate surface area is 154 Å². The van der Waals surface area contributed by atoms with Crippen LogP contribution in [0.5, 0.6) is 0 Å². The Bertz CT molecular complexity index is 973. The Morgan fingerprint density at radius 1 is 1.37 bits per heavy atom. The minimum atomic E-state index is -3.99. The molecule has 1 heterocycles. The molecule has 0 spiro atoms. The van der Waals surface area contributed by atoms with E-state index in [-0.39, 0.29) is 6.54 Å². The predicted octanol–water partition coefficient (Wildman–Crippen LogP) is 4.38. The Balaban J connectivity index is 1.74. The van der Waals surface area contributed by atoms with Crippen LogP contribution in [0.4, 0.5) is 13.2 Å². The number of carboxylic acids is 1. The highest BCUT2D eigenvalue weighted by molar-refractivity contribution is 5.85. The van der Waals surface area contributed by atoms with Crippen molar-refractivity contribution < 1.29 is 23.1 Å². The summed E-state index contributed by atoms with van der Waals surface area (Å²) < 4.78 is 44.0. The SMILES string of the molecule is Cc1nn(CC2C(C3CC3)=CC=CC2F)c2cc(C(F)(F)C(=O)O)ccc12. The molecule has 142 valence electrons. The molecule has 2 aliphatic carbocycles. The summed E-state index contributed by atoms with van der Waals surface area (Å²) in [5, 5.41) is 13.9. The van der Waals surface area contributed by atoms with E-state index in [1.165, 1.54) is 16.8 Å². The van der Waals surface area contributed by atoms with E-state index in [0.717, 1.165) is 30.5 Å². The van der Waals surface area contributed by atoms with E-state index in [2.05, 4.69) is 5.10 Å². The van der Waals surface area contributed by atoms with Crippen LogP contribution in [0.2, 0.25) is 0 Å². The molecule has 0 radical (unpaired) electrons. The lowest BCUT2D eigenvalue weighted by Crippen LogP contribution is -2.26. The number of carbonyl (C=O) groups is 1. The van der Waals surface area contributed by atoms with Crippen molar-refractivity contribution in [2.45, 2.75) is 38.4 Å². The van der Waals surface area contributed by atoms with Gasteiger partial charge in [0.1, 0.15) is 6.17 Å². The number of hydrogen-bond acceptors (Lipinski definition) is 2. The van der Waals surface area contributed by atoms with E-state index in [9.17, 15) is 18.0 Å². The van der Waals surface area contributed by atoms with Gasteiger partial charge in [0.05, 0.1) is 17.8 Å². The van der Waals surface area contributed by atoms with Gasteiger partial charge in [-0.25, -0.2) is 9.18 Å². The van der Waals surface area contributed by atoms with Gasteiger partial charge in [0.2, 0.25) is 0 Å². The van der Waals surface area contributed by atoms with Crippen molar-refractivity contribution in [2.75, 3.05) is 0 Å². The molecule has 2 aromatic rings. The zero-order chi connectivity index (χ0) is 19.3. The molecule has 0 bridgehead atoms. The van der Waals surface area contributed by atoms with Crippen LogP contribution in [0, 0.1) is 18.8 Å². The summed E-state index contributed by atoms with van der Waals surface area (Å²) in [6, 6.07) is 3.70. The van der Waals surface area contributed by atoms with Crippen LogP contribution in [0.15, 0.2) is 42.0 Å². The smallest absolute Gasteiger partial charge is 0.379 e. The number of carboxylic acid groups (broad SMARTS) is 1. The summed E-state index contributed by atoms with van der Waals surface area (Å²) in [6.45, 7) is 1.97. The number of aliphatic carboxylic acids is 1. The molecule has 0 aliphatic heterocycles. The summed E-state index contributed by atoms with van der Waals surface area (Å²) >= 11 is 0. The van der Waals surface area contributed by atoms with Crippen molar-refractivity contribution in [2.24, 2.45) is 11.8 Å². The number of aromatic nitrogens is 2. The highest BCUT2D eigenvalue weighted by Gasteiger charge is 2.41. The number of nitrogens with zero attached hydrogens (tertiary/aromatic N) is 2. The van der Waals surface area contributed by atoms with E-state index in [1.54, 1.807) is 13.0 Å². The first-order valence-corrected chi connectivity index (χ1v) is 8.90. The predicted molar refractivity (Wildman–Crippen MR) is 94.3 cm³/mol. The second-order valence-electron chi connectivity index (χ2n) is 7.26. The summed E-state index contributed by atoms with van der Waals surface area (Å²) in [4.78, 5) is 10.9. The van der Waals surface area contributed by atoms with Crippen LogP contribution in [0.25, 0.3) is 10.9 Å². The van der Waals surface area contributed by atoms with Gasteiger partial charge in [0, 0.05) is 16.9 Å². The molecular weight excluding hydrogens is 357 g/mol. The molecule has 1 aromatic carbocycles. The Morgan fingerprint density at radius 2 is 2.11 bits per heavy atom. The maximum absolute atomic E-state index is 14.6. The number of rotatable bonds is 5. The summed E-state index contributed by atoms with van der Waals surface area (Å²) in [7, 11) is 0. The number of halogens is 3. The number of allylic oxidation sites excluding steroid dienone is 4. The highest BCUT2D eigenvalue weighted by atomic mass is 19.3. The van der Waals surface area contributed by atoms with Gasteiger partial charge in [0.25, 0.3) is 0 Å². The van der Waals surface area contributed by atoms with Gasteiger partial charge >= 0.3 is 11.9 Å². The highest BCUT2D eigenvalue weighted by Crippen LogP contribution is 2.44. The van der Waals surface area contributed by atoms with Crippen LogP contribution in [-0.4, -0.2) is 27.0 Å². The molecule has 1 N–H and O–H groups in total. The second kappa shape index (κ2) is 6.25. The zero-order valence-electron chi connectivity index (χ0n) is 14.7. The minimum absolute atomic E-state index is 0.222. The molecule has 1 aromatic heterocycles. The fourth-order valence-electron chi connectivity index (χ4n) is 3.76. The molecule has 4 nitrogen and oxygen atoms in total. The number of benzene rings is 1. The van der Waals surface area contributed by atoms with Crippen molar-refractivity contribution in [3.05, 3.63) is 53.3 Å². The molecular formula is C20H19F3N2O2. The molecule has 27 heavy (non-hydrogen) atoms. The van der Waals surface area contributed by atoms with Crippen molar-refractivity contribution in [1.29, 1.82) is 0 Å². The lowest BCUT2D eigenvalue weighted by atomic mass is 9.87. The van der Waals surface area contributed by atoms with Gasteiger partial charge in [-0.15, -0.1) is 0 Å². The van der Waals surface area contributed by atoms with E-state index >= 15 is 0 Å². The number of alkyl halides is 3. The fourth-order valence-corrected chi connectivity index (χ4v) is 3.76. The Kier molecular flexibility index (Phi) is 4.13. The molecule has 4 rings (SSSR count). The van der Waals surface area contributed by atoms with Crippen LogP contribution in [0.1, 0.15) is 24.1 Å². The van der Waals surface area contributed by atoms with Crippen LogP contribution in [0.3, 0.4) is 0 Å². The van der Waals surface area contributed by atoms with Gasteiger partial charge < -0.3 is 5.11 Å². The van der Waals surface area contributed by atoms with Crippen molar-refractivity contribution >= 4 is 16.9 Å². The van der Waals surface area contributed by atoms with E-state index < -0.39 is 29.5 Å². The maximum Gasteiger partial charge on any atom is 0.379 e. The van der Waals surface area contributed by atoms with Crippen molar-refractivity contribution in [1.82, 2.24) is 9.78 Å². The average molecular weight is 376 g/mol. The Hall–Kier alpha value is -2.57. The molecule has 2 aliphatic rings. The van der Waals surface area contributed by atoms with Crippen LogP contribution < -0.4 is 0 Å². The summed E-state index contributed by atoms with van der Waals surface area (Å²) in [5.41, 5.74) is 1.46. The Morgan fingerprint density at radius 3 is 2.78 bits per heavy atom. The number of fused-ring (bicyclic) bond motifs is 1. The third-order valence-corrected chi connectivity index (χ3v) is 5.38. The van der Waals surface area contributed by atoms with Crippen LogP contribution >= 0.6 is 0 Å². The first-order valence-electron chi connectivity index (χ1n) is 8.90. The monoisotopic (exact) mass is 376 g/mol. The summed E-state index contributed by atoms with van der Waals surface area (Å²) in [5.74, 6) is -6.21. The zero-order valence-corrected chi connectivity index (χ0v) is 14.7. The average Bonchev–Trinajstić information content (AvgIpc) is 3.42. The van der Waals surface area contributed by atoms with Crippen molar-refractivity contribution in [3.8, 4) is 0 Å². The number of hydrogen-bond donors (Lipinski definition) is 1. The van der Waals surface area contributed by atoms with Gasteiger partial charge in [-0.2, -0.15) is 13.9 Å². The minimum Gasteiger partial charge on any atom is -0.477 e. The van der Waals surface area contributed by atoms with Gasteiger partial charge in [-0.1, -0.05) is 35.9 Å². The molecule has 1 saturated carbocycles. The van der Waals surface area contributed by atoms with Gasteiger partial charge in [-0.05, 0) is 31.7 Å². The number of aryl methyl sites for hydroxylation is 1. The third-order valence-electron chi connectivity index (χ3n) is 5.38. The van der Waals surface area contributed by atoms with E-state index in [0.29, 0.717) is 22.5 Å². The standard InChI is InChI=1S/C20H19F3N2O2/c1-11-14-8-7-13(20(22,23)19(26)27)9-18(14)25(24-11)10-16-15(12-5-6-12)3-2-4-17(16)21/h2-4,7-9,12,16-17H,5-6,10H2,1H3,(H,26,27).